The van der Waals surface area contributed by atoms with Crippen LogP contribution in [0, 0.1) is 11.8 Å². The number of rotatable bonds is 4. The minimum atomic E-state index is -0.929. The summed E-state index contributed by atoms with van der Waals surface area (Å²) in [5.41, 5.74) is 1.72. The van der Waals surface area contributed by atoms with Crippen molar-refractivity contribution in [2.75, 3.05) is 0 Å². The number of imide groups is 2. The molecular formula is C46H37BrN2O6. The van der Waals surface area contributed by atoms with Gasteiger partial charge in [0, 0.05) is 41.3 Å². The first-order valence-electron chi connectivity index (χ1n) is 18.1. The molecule has 2 aliphatic heterocycles. The number of fused-ring (bicyclic) bond motifs is 2. The van der Waals surface area contributed by atoms with Crippen molar-refractivity contribution < 1.29 is 29.4 Å². The molecule has 8 nitrogen and oxygen atoms in total. The van der Waals surface area contributed by atoms with Gasteiger partial charge in [-0.15, -0.1) is 0 Å². The van der Waals surface area contributed by atoms with E-state index >= 15 is 0 Å². The lowest BCUT2D eigenvalue weighted by molar-refractivity contribution is -0.119. The zero-order chi connectivity index (χ0) is 38.8. The van der Waals surface area contributed by atoms with E-state index in [2.05, 4.69) is 27.8 Å². The summed E-state index contributed by atoms with van der Waals surface area (Å²) in [5, 5.41) is 20.9. The van der Waals surface area contributed by atoms with Gasteiger partial charge in [0.25, 0.3) is 23.6 Å². The topological polar surface area (TPSA) is 115 Å². The van der Waals surface area contributed by atoms with Crippen LogP contribution in [-0.4, -0.2) is 54.8 Å². The Balaban J connectivity index is 0.000000160. The number of hydrogen-bond acceptors (Lipinski definition) is 6. The molecule has 2 N–H and O–H groups in total. The van der Waals surface area contributed by atoms with E-state index in [9.17, 15) is 29.4 Å². The van der Waals surface area contributed by atoms with Crippen LogP contribution in [0.1, 0.15) is 103 Å². The van der Waals surface area contributed by atoms with Crippen molar-refractivity contribution >= 4 is 39.6 Å². The van der Waals surface area contributed by atoms with Crippen LogP contribution >= 0.6 is 15.9 Å². The normalized spacial score (nSPS) is 26.2. The second-order valence-corrected chi connectivity index (χ2v) is 16.4. The average Bonchev–Trinajstić information content (AvgIpc) is 3.57. The van der Waals surface area contributed by atoms with E-state index in [0.717, 1.165) is 26.7 Å². The van der Waals surface area contributed by atoms with Gasteiger partial charge in [-0.2, -0.15) is 0 Å². The van der Waals surface area contributed by atoms with Gasteiger partial charge >= 0.3 is 0 Å². The standard InChI is InChI=1S/C27H21NO3.C19H16BrNO3/c1-26(31)17-27(18-26,28-24(29)22-9-5-6-10-23(22)25(28)30)21-15-13-20(14-16-21)12-11-19-7-3-2-4-8-19;1-18(24)10-19(11-18,12-6-8-13(20)9-7-12)21-16(22)14-4-2-3-5-15(14)17(21)23/h2-10,13-16,31H,17-18H2,1H3;2-9,24H,10-11H2,1H3. The van der Waals surface area contributed by atoms with Gasteiger partial charge in [0.1, 0.15) is 0 Å². The maximum atomic E-state index is 13.2. The zero-order valence-electron chi connectivity index (χ0n) is 30.3. The quantitative estimate of drug-likeness (QED) is 0.143. The predicted octanol–water partition coefficient (Wildman–Crippen LogP) is 7.61. The van der Waals surface area contributed by atoms with Crippen molar-refractivity contribution in [1.29, 1.82) is 0 Å². The number of aliphatic hydroxyl groups is 2. The number of hydrogen-bond donors (Lipinski definition) is 2. The van der Waals surface area contributed by atoms with Gasteiger partial charge < -0.3 is 10.2 Å². The van der Waals surface area contributed by atoms with E-state index in [1.165, 1.54) is 9.80 Å². The molecule has 0 unspecified atom stereocenters. The van der Waals surface area contributed by atoms with Crippen LogP contribution in [0.25, 0.3) is 0 Å². The van der Waals surface area contributed by atoms with E-state index in [0.29, 0.717) is 47.9 Å². The summed E-state index contributed by atoms with van der Waals surface area (Å²) in [5.74, 6) is 5.11. The molecule has 55 heavy (non-hydrogen) atoms. The Labute approximate surface area is 327 Å². The lowest BCUT2D eigenvalue weighted by Gasteiger charge is -2.55. The third kappa shape index (κ3) is 6.21. The fraction of sp³-hybridized carbons (Fsp3) is 0.217. The van der Waals surface area contributed by atoms with Crippen LogP contribution in [-0.2, 0) is 11.1 Å². The fourth-order valence-corrected chi connectivity index (χ4v) is 9.11. The minimum absolute atomic E-state index is 0.283. The average molecular weight is 794 g/mol. The summed E-state index contributed by atoms with van der Waals surface area (Å²) in [6, 6.07) is 38.7. The molecule has 0 saturated heterocycles. The van der Waals surface area contributed by atoms with E-state index < -0.39 is 22.3 Å². The minimum Gasteiger partial charge on any atom is -0.390 e. The Morgan fingerprint density at radius 3 is 1.13 bits per heavy atom. The maximum absolute atomic E-state index is 13.2. The van der Waals surface area contributed by atoms with Gasteiger partial charge in [0.2, 0.25) is 0 Å². The van der Waals surface area contributed by atoms with E-state index in [1.54, 1.807) is 62.4 Å². The number of amides is 4. The molecule has 2 aliphatic carbocycles. The Kier molecular flexibility index (Phi) is 8.77. The lowest BCUT2D eigenvalue weighted by Crippen LogP contribution is -2.63. The summed E-state index contributed by atoms with van der Waals surface area (Å²) in [6.45, 7) is 3.48. The molecular weight excluding hydrogens is 756 g/mol. The summed E-state index contributed by atoms with van der Waals surface area (Å²) in [7, 11) is 0. The first kappa shape index (κ1) is 36.3. The van der Waals surface area contributed by atoms with Gasteiger partial charge in [-0.25, -0.2) is 0 Å². The van der Waals surface area contributed by atoms with Gasteiger partial charge in [0.15, 0.2) is 0 Å². The molecule has 2 heterocycles. The summed E-state index contributed by atoms with van der Waals surface area (Å²) >= 11 is 3.41. The van der Waals surface area contributed by atoms with Crippen LogP contribution in [0.4, 0.5) is 0 Å². The van der Waals surface area contributed by atoms with Crippen molar-refractivity contribution in [2.24, 2.45) is 0 Å². The fourth-order valence-electron chi connectivity index (χ4n) is 8.84. The molecule has 0 spiro atoms. The molecule has 9 heteroatoms. The molecule has 0 aromatic heterocycles. The number of halogens is 1. The highest BCUT2D eigenvalue weighted by Gasteiger charge is 2.62. The van der Waals surface area contributed by atoms with Crippen molar-refractivity contribution in [3.8, 4) is 11.8 Å². The highest BCUT2D eigenvalue weighted by Crippen LogP contribution is 2.56. The van der Waals surface area contributed by atoms with E-state index in [1.807, 2.05) is 78.9 Å². The second-order valence-electron chi connectivity index (χ2n) is 15.4. The van der Waals surface area contributed by atoms with Crippen LogP contribution in [0.3, 0.4) is 0 Å². The van der Waals surface area contributed by atoms with Crippen LogP contribution in [0.5, 0.6) is 0 Å². The van der Waals surface area contributed by atoms with Crippen molar-refractivity contribution in [1.82, 2.24) is 9.80 Å². The highest BCUT2D eigenvalue weighted by molar-refractivity contribution is 9.10. The molecule has 2 saturated carbocycles. The molecule has 2 fully saturated rings. The Morgan fingerprint density at radius 1 is 0.473 bits per heavy atom. The summed E-state index contributed by atoms with van der Waals surface area (Å²) < 4.78 is 0.926. The van der Waals surface area contributed by atoms with E-state index in [-0.39, 0.29) is 23.6 Å². The summed E-state index contributed by atoms with van der Waals surface area (Å²) in [4.78, 5) is 54.8. The maximum Gasteiger partial charge on any atom is 0.262 e. The molecule has 0 bridgehead atoms. The highest BCUT2D eigenvalue weighted by atomic mass is 79.9. The molecule has 0 radical (unpaired) electrons. The number of nitrogens with zero attached hydrogens (tertiary/aromatic N) is 2. The SMILES string of the molecule is CC1(O)CC(c2ccc(Br)cc2)(N2C(=O)c3ccccc3C2=O)C1.CC1(O)CC(c2ccc(C#Cc3ccccc3)cc2)(N2C(=O)c3ccccc3C2=O)C1. The largest absolute Gasteiger partial charge is 0.390 e. The van der Waals surface area contributed by atoms with Gasteiger partial charge in [-0.3, -0.25) is 29.0 Å². The molecule has 0 atom stereocenters. The van der Waals surface area contributed by atoms with E-state index in [4.69, 9.17) is 0 Å². The summed E-state index contributed by atoms with van der Waals surface area (Å²) in [6.07, 6.45) is 1.29. The third-order valence-electron chi connectivity index (χ3n) is 11.1. The number of carbonyl (C=O) groups excluding carboxylic acids is 4. The van der Waals surface area contributed by atoms with Crippen molar-refractivity contribution in [2.45, 2.75) is 61.8 Å². The van der Waals surface area contributed by atoms with Crippen molar-refractivity contribution in [3.05, 3.63) is 176 Å². The molecule has 9 rings (SSSR count). The number of benzene rings is 5. The first-order valence-corrected chi connectivity index (χ1v) is 18.9. The third-order valence-corrected chi connectivity index (χ3v) is 11.6. The van der Waals surface area contributed by atoms with Crippen LogP contribution in [0.2, 0.25) is 0 Å². The molecule has 4 amide bonds. The zero-order valence-corrected chi connectivity index (χ0v) is 31.8. The predicted molar refractivity (Wildman–Crippen MR) is 210 cm³/mol. The van der Waals surface area contributed by atoms with Gasteiger partial charge in [0.05, 0.1) is 44.5 Å². The Morgan fingerprint density at radius 2 is 0.782 bits per heavy atom. The van der Waals surface area contributed by atoms with Gasteiger partial charge in [-0.1, -0.05) is 94.5 Å². The molecule has 5 aromatic rings. The molecule has 4 aliphatic rings. The van der Waals surface area contributed by atoms with Crippen LogP contribution in [0.15, 0.2) is 132 Å². The Hall–Kier alpha value is -5.66. The van der Waals surface area contributed by atoms with Crippen LogP contribution < -0.4 is 0 Å². The monoisotopic (exact) mass is 792 g/mol. The molecule has 274 valence electrons. The molecule has 5 aromatic carbocycles. The first-order chi connectivity index (χ1) is 26.2. The van der Waals surface area contributed by atoms with Crippen molar-refractivity contribution in [3.63, 3.8) is 0 Å². The number of carbonyl (C=O) groups is 4. The lowest BCUT2D eigenvalue weighted by atomic mass is 9.61. The Bertz CT molecular complexity index is 2360. The second kappa shape index (κ2) is 13.3. The van der Waals surface area contributed by atoms with Gasteiger partial charge in [-0.05, 0) is 85.6 Å². The smallest absolute Gasteiger partial charge is 0.262 e.